The minimum absolute atomic E-state index is 0.0440. The average Bonchev–Trinajstić information content (AvgIpc) is 3.24. The lowest BCUT2D eigenvalue weighted by Gasteiger charge is -2.34. The summed E-state index contributed by atoms with van der Waals surface area (Å²) in [5.41, 5.74) is 0.0990. The van der Waals surface area contributed by atoms with Crippen molar-refractivity contribution in [1.82, 2.24) is 29.8 Å². The first kappa shape index (κ1) is 20.2. The smallest absolute Gasteiger partial charge is 0.370 e. The highest BCUT2D eigenvalue weighted by atomic mass is 19.4. The molecule has 3 rings (SSSR count). The Bertz CT molecular complexity index is 827. The minimum Gasteiger partial charge on any atom is -0.370 e. The number of aliphatic imine (C=N–C) groups is 1. The van der Waals surface area contributed by atoms with E-state index in [4.69, 9.17) is 4.74 Å². The van der Waals surface area contributed by atoms with Crippen molar-refractivity contribution in [2.24, 2.45) is 19.1 Å². The van der Waals surface area contributed by atoms with Gasteiger partial charge in [-0.05, 0) is 6.92 Å². The van der Waals surface area contributed by atoms with Crippen molar-refractivity contribution in [2.75, 3.05) is 26.2 Å². The van der Waals surface area contributed by atoms with E-state index in [0.29, 0.717) is 32.2 Å². The number of ether oxygens (including phenoxy) is 1. The van der Waals surface area contributed by atoms with E-state index in [0.717, 1.165) is 10.2 Å². The first-order chi connectivity index (χ1) is 13.3. The highest BCUT2D eigenvalue weighted by molar-refractivity contribution is 5.80. The molecule has 2 aromatic rings. The Labute approximate surface area is 161 Å². The fourth-order valence-corrected chi connectivity index (χ4v) is 3.13. The third-order valence-corrected chi connectivity index (χ3v) is 4.37. The van der Waals surface area contributed by atoms with Crippen molar-refractivity contribution in [3.63, 3.8) is 0 Å². The van der Waals surface area contributed by atoms with Crippen LogP contribution in [-0.4, -0.2) is 56.7 Å². The predicted octanol–water partition coefficient (Wildman–Crippen LogP) is 1.71. The quantitative estimate of drug-likeness (QED) is 0.626. The van der Waals surface area contributed by atoms with Gasteiger partial charge in [-0.25, -0.2) is 4.99 Å². The number of morpholine rings is 1. The minimum atomic E-state index is -4.51. The van der Waals surface area contributed by atoms with E-state index in [2.05, 4.69) is 20.5 Å². The molecule has 1 unspecified atom stereocenters. The molecule has 3 heterocycles. The first-order valence-corrected chi connectivity index (χ1v) is 9.01. The molecule has 1 fully saturated rings. The third-order valence-electron chi connectivity index (χ3n) is 4.37. The van der Waals surface area contributed by atoms with Crippen LogP contribution in [0.4, 0.5) is 13.2 Å². The lowest BCUT2D eigenvalue weighted by molar-refractivity contribution is -0.142. The van der Waals surface area contributed by atoms with Gasteiger partial charge >= 0.3 is 6.18 Å². The molecular formula is C17H24F3N7O. The summed E-state index contributed by atoms with van der Waals surface area (Å²) in [6.45, 7) is 4.04. The number of hydrogen-bond donors (Lipinski definition) is 1. The molecule has 1 atom stereocenters. The van der Waals surface area contributed by atoms with Gasteiger partial charge in [0.15, 0.2) is 11.7 Å². The molecule has 0 radical (unpaired) electrons. The fourth-order valence-electron chi connectivity index (χ4n) is 3.13. The Morgan fingerprint density at radius 3 is 2.75 bits per heavy atom. The topological polar surface area (TPSA) is 72.5 Å². The fraction of sp³-hybridized carbons (Fsp3) is 0.588. The van der Waals surface area contributed by atoms with Gasteiger partial charge in [-0.2, -0.15) is 23.4 Å². The van der Waals surface area contributed by atoms with Crippen molar-refractivity contribution < 1.29 is 17.9 Å². The van der Waals surface area contributed by atoms with Gasteiger partial charge in [0.05, 0.1) is 25.9 Å². The number of hydrogen-bond acceptors (Lipinski definition) is 4. The van der Waals surface area contributed by atoms with Gasteiger partial charge in [0.25, 0.3) is 0 Å². The van der Waals surface area contributed by atoms with Gasteiger partial charge in [-0.15, -0.1) is 0 Å². The molecule has 1 aliphatic rings. The van der Waals surface area contributed by atoms with Crippen LogP contribution in [0.1, 0.15) is 29.8 Å². The number of aryl methyl sites for hydroxylation is 2. The zero-order chi connectivity index (χ0) is 20.3. The molecule has 11 heteroatoms. The number of rotatable bonds is 4. The average molecular weight is 399 g/mol. The highest BCUT2D eigenvalue weighted by Crippen LogP contribution is 2.31. The normalized spacial score (nSPS) is 18.6. The van der Waals surface area contributed by atoms with Gasteiger partial charge in [0, 0.05) is 50.7 Å². The van der Waals surface area contributed by atoms with Crippen LogP contribution in [0.2, 0.25) is 0 Å². The second-order valence-electron chi connectivity index (χ2n) is 6.60. The third kappa shape index (κ3) is 4.64. The Morgan fingerprint density at radius 1 is 1.32 bits per heavy atom. The van der Waals surface area contributed by atoms with Crippen LogP contribution in [0.3, 0.4) is 0 Å². The van der Waals surface area contributed by atoms with E-state index in [1.54, 1.807) is 10.9 Å². The van der Waals surface area contributed by atoms with E-state index in [-0.39, 0.29) is 18.2 Å². The maximum absolute atomic E-state index is 13.2. The number of halogens is 3. The van der Waals surface area contributed by atoms with Crippen molar-refractivity contribution in [2.45, 2.75) is 25.7 Å². The SMILES string of the molecule is CCNC(=NCc1cn(C)nc1C(F)(F)F)N1CCOC(c2cnn(C)c2)C1. The summed E-state index contributed by atoms with van der Waals surface area (Å²) in [5.74, 6) is 0.552. The lowest BCUT2D eigenvalue weighted by atomic mass is 10.1. The van der Waals surface area contributed by atoms with E-state index in [1.807, 2.05) is 25.1 Å². The van der Waals surface area contributed by atoms with Crippen LogP contribution in [0.5, 0.6) is 0 Å². The molecule has 1 N–H and O–H groups in total. The van der Waals surface area contributed by atoms with E-state index < -0.39 is 11.9 Å². The summed E-state index contributed by atoms with van der Waals surface area (Å²) in [5, 5.41) is 10.9. The Balaban J connectivity index is 1.77. The molecule has 1 aliphatic heterocycles. The standard InChI is InChI=1S/C17H24F3N7O/c1-4-21-16(22-7-13-10-26(3)24-15(13)17(18,19)20)27-5-6-28-14(11-27)12-8-23-25(2)9-12/h8-10,14H,4-7,11H2,1-3H3,(H,21,22). The second-order valence-corrected chi connectivity index (χ2v) is 6.60. The number of guanidine groups is 1. The van der Waals surface area contributed by atoms with E-state index in [1.165, 1.54) is 13.2 Å². The van der Waals surface area contributed by atoms with E-state index in [9.17, 15) is 13.2 Å². The predicted molar refractivity (Wildman–Crippen MR) is 96.5 cm³/mol. The van der Waals surface area contributed by atoms with Gasteiger partial charge in [-0.3, -0.25) is 9.36 Å². The van der Waals surface area contributed by atoms with Gasteiger partial charge < -0.3 is 15.0 Å². The second kappa shape index (κ2) is 8.21. The molecule has 0 amide bonds. The number of aromatic nitrogens is 4. The molecule has 0 saturated carbocycles. The highest BCUT2D eigenvalue weighted by Gasteiger charge is 2.37. The van der Waals surface area contributed by atoms with Crippen LogP contribution in [0, 0.1) is 0 Å². The van der Waals surface area contributed by atoms with Gasteiger partial charge in [0.1, 0.15) is 6.10 Å². The molecule has 8 nitrogen and oxygen atoms in total. The van der Waals surface area contributed by atoms with E-state index >= 15 is 0 Å². The van der Waals surface area contributed by atoms with Crippen LogP contribution in [0.15, 0.2) is 23.6 Å². The molecule has 154 valence electrons. The maximum atomic E-state index is 13.2. The molecule has 2 aromatic heterocycles. The largest absolute Gasteiger partial charge is 0.435 e. The Kier molecular flexibility index (Phi) is 5.92. The number of nitrogens with one attached hydrogen (secondary N) is 1. The summed E-state index contributed by atoms with van der Waals surface area (Å²) in [6.07, 6.45) is 0.325. The lowest BCUT2D eigenvalue weighted by Crippen LogP contribution is -2.48. The molecule has 0 bridgehead atoms. The van der Waals surface area contributed by atoms with Crippen molar-refractivity contribution >= 4 is 5.96 Å². The molecule has 0 aromatic carbocycles. The Hall–Kier alpha value is -2.56. The van der Waals surface area contributed by atoms with Crippen LogP contribution in [-0.2, 0) is 31.6 Å². The summed E-state index contributed by atoms with van der Waals surface area (Å²) in [4.78, 5) is 6.42. The molecule has 1 saturated heterocycles. The maximum Gasteiger partial charge on any atom is 0.435 e. The molecule has 28 heavy (non-hydrogen) atoms. The number of alkyl halides is 3. The molecular weight excluding hydrogens is 375 g/mol. The zero-order valence-corrected chi connectivity index (χ0v) is 16.1. The van der Waals surface area contributed by atoms with Crippen molar-refractivity contribution in [1.29, 1.82) is 0 Å². The molecule has 0 aliphatic carbocycles. The Morgan fingerprint density at radius 2 is 2.11 bits per heavy atom. The van der Waals surface area contributed by atoms with Crippen molar-refractivity contribution in [3.8, 4) is 0 Å². The number of nitrogens with zero attached hydrogens (tertiary/aromatic N) is 6. The van der Waals surface area contributed by atoms with Gasteiger partial charge in [-0.1, -0.05) is 0 Å². The summed E-state index contributed by atoms with van der Waals surface area (Å²) in [7, 11) is 3.30. The summed E-state index contributed by atoms with van der Waals surface area (Å²) >= 11 is 0. The molecule has 0 spiro atoms. The summed E-state index contributed by atoms with van der Waals surface area (Å²) in [6, 6.07) is 0. The van der Waals surface area contributed by atoms with Crippen molar-refractivity contribution in [3.05, 3.63) is 35.4 Å². The van der Waals surface area contributed by atoms with Crippen LogP contribution < -0.4 is 5.32 Å². The monoisotopic (exact) mass is 399 g/mol. The summed E-state index contributed by atoms with van der Waals surface area (Å²) < 4.78 is 48.2. The zero-order valence-electron chi connectivity index (χ0n) is 16.1. The van der Waals surface area contributed by atoms with Crippen LogP contribution in [0.25, 0.3) is 0 Å². The first-order valence-electron chi connectivity index (χ1n) is 9.01. The van der Waals surface area contributed by atoms with Crippen LogP contribution >= 0.6 is 0 Å². The van der Waals surface area contributed by atoms with Gasteiger partial charge in [0.2, 0.25) is 0 Å².